The fraction of sp³-hybridized carbons (Fsp3) is 0.404. The number of aryl methyl sites for hydroxylation is 2. The van der Waals surface area contributed by atoms with Crippen LogP contribution in [0.15, 0.2) is 115 Å². The van der Waals surface area contributed by atoms with E-state index in [9.17, 15) is 14.7 Å². The standard InChI is InChI=1S/C25H40O4.C22H20N2/c1-4-6-8-10-12-14-16-20-18-22(24(26)27)23(25(28)29-3)19-21(20)17-15-13-11-9-7-5-2;1-4-11-19(12-5-1)22-23(20-13-6-2-7-14-20)17-10-18-24(22)21-15-8-3-9-16-21/h18-19H,4-17H2,1-3H3,(H,26,27);1-17,22H,18H2. The number of anilines is 2. The second-order valence-electron chi connectivity index (χ2n) is 13.9. The van der Waals surface area contributed by atoms with Crippen LogP contribution in [0.2, 0.25) is 0 Å². The number of benzene rings is 4. The van der Waals surface area contributed by atoms with Crippen molar-refractivity contribution >= 4 is 23.3 Å². The van der Waals surface area contributed by atoms with Crippen LogP contribution in [0.5, 0.6) is 0 Å². The van der Waals surface area contributed by atoms with Gasteiger partial charge in [0.15, 0.2) is 0 Å². The van der Waals surface area contributed by atoms with Gasteiger partial charge in [-0.3, -0.25) is 0 Å². The van der Waals surface area contributed by atoms with E-state index >= 15 is 0 Å². The first-order valence-corrected chi connectivity index (χ1v) is 19.8. The van der Waals surface area contributed by atoms with E-state index in [0.29, 0.717) is 0 Å². The minimum atomic E-state index is -1.07. The van der Waals surface area contributed by atoms with Crippen molar-refractivity contribution in [3.63, 3.8) is 0 Å². The van der Waals surface area contributed by atoms with Gasteiger partial charge in [0.25, 0.3) is 0 Å². The number of rotatable bonds is 19. The lowest BCUT2D eigenvalue weighted by atomic mass is 9.91. The van der Waals surface area contributed by atoms with Crippen LogP contribution < -0.4 is 9.80 Å². The molecule has 1 atom stereocenters. The normalized spacial score (nSPS) is 13.7. The third-order valence-corrected chi connectivity index (χ3v) is 9.94. The molecule has 0 spiro atoms. The topological polar surface area (TPSA) is 70.1 Å². The molecule has 1 aliphatic heterocycles. The van der Waals surface area contributed by atoms with E-state index in [0.717, 1.165) is 49.8 Å². The molecule has 0 aromatic heterocycles. The van der Waals surface area contributed by atoms with Crippen LogP contribution in [0, 0.1) is 0 Å². The Hall–Kier alpha value is -4.84. The molecule has 4 aromatic carbocycles. The molecule has 6 heteroatoms. The molecule has 0 fully saturated rings. The fourth-order valence-corrected chi connectivity index (χ4v) is 7.07. The number of carboxylic acids is 1. The van der Waals surface area contributed by atoms with Crippen molar-refractivity contribution in [1.29, 1.82) is 0 Å². The summed E-state index contributed by atoms with van der Waals surface area (Å²) in [5, 5.41) is 9.58. The van der Waals surface area contributed by atoms with Crippen molar-refractivity contribution in [3.8, 4) is 0 Å². The van der Waals surface area contributed by atoms with Crippen molar-refractivity contribution < 1.29 is 19.4 Å². The van der Waals surface area contributed by atoms with Gasteiger partial charge in [-0.1, -0.05) is 145 Å². The van der Waals surface area contributed by atoms with Gasteiger partial charge in [-0.25, -0.2) is 9.59 Å². The predicted octanol–water partition coefficient (Wildman–Crippen LogP) is 12.2. The average Bonchev–Trinajstić information content (AvgIpc) is 3.21. The largest absolute Gasteiger partial charge is 0.478 e. The molecule has 1 N–H and O–H groups in total. The molecule has 6 nitrogen and oxygen atoms in total. The Morgan fingerprint density at radius 1 is 0.642 bits per heavy atom. The Bertz CT molecular complexity index is 1670. The first kappa shape index (κ1) is 40.9. The molecule has 1 heterocycles. The maximum absolute atomic E-state index is 12.1. The highest BCUT2D eigenvalue weighted by Gasteiger charge is 2.28. The monoisotopic (exact) mass is 716 g/mol. The second-order valence-corrected chi connectivity index (χ2v) is 13.9. The van der Waals surface area contributed by atoms with Crippen LogP contribution >= 0.6 is 0 Å². The van der Waals surface area contributed by atoms with E-state index in [4.69, 9.17) is 4.74 Å². The number of hydrogen-bond donors (Lipinski definition) is 1. The lowest BCUT2D eigenvalue weighted by Crippen LogP contribution is -2.42. The summed E-state index contributed by atoms with van der Waals surface area (Å²) < 4.78 is 4.83. The number of hydrogen-bond acceptors (Lipinski definition) is 5. The molecule has 0 amide bonds. The molecule has 0 saturated carbocycles. The predicted molar refractivity (Wildman–Crippen MR) is 220 cm³/mol. The van der Waals surface area contributed by atoms with Gasteiger partial charge in [-0.2, -0.15) is 0 Å². The zero-order valence-corrected chi connectivity index (χ0v) is 32.2. The molecule has 5 rings (SSSR count). The molecule has 1 aliphatic rings. The van der Waals surface area contributed by atoms with Crippen LogP contribution in [-0.4, -0.2) is 30.7 Å². The van der Waals surface area contributed by atoms with Gasteiger partial charge in [0.1, 0.15) is 6.17 Å². The van der Waals surface area contributed by atoms with Crippen molar-refractivity contribution in [3.05, 3.63) is 143 Å². The van der Waals surface area contributed by atoms with Gasteiger partial charge in [-0.05, 0) is 84.8 Å². The molecule has 1 unspecified atom stereocenters. The number of ether oxygens (including phenoxy) is 1. The summed E-state index contributed by atoms with van der Waals surface area (Å²) in [6.07, 6.45) is 20.8. The van der Waals surface area contributed by atoms with Crippen LogP contribution in [0.4, 0.5) is 11.4 Å². The number of carboxylic acid groups (broad SMARTS) is 1. The molecule has 0 saturated heterocycles. The number of esters is 1. The molecular formula is C47H60N2O4. The Morgan fingerprint density at radius 3 is 1.62 bits per heavy atom. The van der Waals surface area contributed by atoms with E-state index < -0.39 is 11.9 Å². The van der Waals surface area contributed by atoms with Crippen molar-refractivity contribution in [2.75, 3.05) is 23.5 Å². The van der Waals surface area contributed by atoms with Crippen molar-refractivity contribution in [2.24, 2.45) is 0 Å². The maximum atomic E-state index is 12.1. The quantitative estimate of drug-likeness (QED) is 0.0769. The molecule has 0 aliphatic carbocycles. The zero-order chi connectivity index (χ0) is 37.7. The minimum absolute atomic E-state index is 0.0597. The maximum Gasteiger partial charge on any atom is 0.338 e. The van der Waals surface area contributed by atoms with Crippen LogP contribution in [0.3, 0.4) is 0 Å². The summed E-state index contributed by atoms with van der Waals surface area (Å²) in [7, 11) is 1.30. The van der Waals surface area contributed by atoms with E-state index in [1.807, 2.05) is 0 Å². The smallest absolute Gasteiger partial charge is 0.338 e. The lowest BCUT2D eigenvalue weighted by Gasteiger charge is -2.43. The highest BCUT2D eigenvalue weighted by atomic mass is 16.5. The fourth-order valence-electron chi connectivity index (χ4n) is 7.07. The van der Waals surface area contributed by atoms with E-state index in [2.05, 4.69) is 127 Å². The Kier molecular flexibility index (Phi) is 17.7. The Morgan fingerprint density at radius 2 is 1.11 bits per heavy atom. The van der Waals surface area contributed by atoms with Crippen molar-refractivity contribution in [1.82, 2.24) is 0 Å². The number of unbranched alkanes of at least 4 members (excludes halogenated alkanes) is 10. The number of methoxy groups -OCH3 is 1. The van der Waals surface area contributed by atoms with Crippen LogP contribution in [0.1, 0.15) is 134 Å². The minimum Gasteiger partial charge on any atom is -0.478 e. The molecule has 0 bridgehead atoms. The summed E-state index contributed by atoms with van der Waals surface area (Å²) >= 11 is 0. The number of para-hydroxylation sites is 2. The average molecular weight is 717 g/mol. The summed E-state index contributed by atoms with van der Waals surface area (Å²) in [6.45, 7) is 5.32. The van der Waals surface area contributed by atoms with Gasteiger partial charge in [0.05, 0.1) is 18.2 Å². The molecule has 53 heavy (non-hydrogen) atoms. The number of nitrogens with zero attached hydrogens (tertiary/aromatic N) is 2. The highest BCUT2D eigenvalue weighted by molar-refractivity contribution is 6.02. The summed E-state index contributed by atoms with van der Waals surface area (Å²) in [6, 6.07) is 35.4. The highest BCUT2D eigenvalue weighted by Crippen LogP contribution is 2.36. The second kappa shape index (κ2) is 23.0. The third-order valence-electron chi connectivity index (χ3n) is 9.94. The molecule has 4 aromatic rings. The Labute approximate surface area is 318 Å². The van der Waals surface area contributed by atoms with Gasteiger partial charge in [0, 0.05) is 24.1 Å². The molecule has 0 radical (unpaired) electrons. The van der Waals surface area contributed by atoms with Gasteiger partial charge < -0.3 is 19.6 Å². The van der Waals surface area contributed by atoms with Crippen molar-refractivity contribution in [2.45, 2.75) is 110 Å². The number of carbonyl (C=O) groups is 2. The zero-order valence-electron chi connectivity index (χ0n) is 32.2. The van der Waals surface area contributed by atoms with Gasteiger partial charge in [-0.15, -0.1) is 0 Å². The molecular weight excluding hydrogens is 657 g/mol. The van der Waals surface area contributed by atoms with Crippen LogP contribution in [-0.2, 0) is 17.6 Å². The van der Waals surface area contributed by atoms with Gasteiger partial charge >= 0.3 is 11.9 Å². The van der Waals surface area contributed by atoms with E-state index in [1.165, 1.54) is 81.8 Å². The third kappa shape index (κ3) is 12.7. The number of carbonyl (C=O) groups excluding carboxylic acids is 1. The first-order chi connectivity index (χ1) is 26.0. The first-order valence-electron chi connectivity index (χ1n) is 19.8. The van der Waals surface area contributed by atoms with E-state index in [1.54, 1.807) is 12.1 Å². The van der Waals surface area contributed by atoms with E-state index in [-0.39, 0.29) is 17.3 Å². The SMILES string of the molecule is C1=CN(c2ccccc2)C(c2ccccc2)N(c2ccccc2)C1.CCCCCCCCc1cc(C(=O)O)c(C(=O)OC)cc1CCCCCCCC. The lowest BCUT2D eigenvalue weighted by molar-refractivity contribution is 0.0582. The summed E-state index contributed by atoms with van der Waals surface area (Å²) in [5.41, 5.74) is 6.14. The summed E-state index contributed by atoms with van der Waals surface area (Å²) in [5.74, 6) is -1.64. The number of aromatic carboxylic acids is 1. The Balaban J connectivity index is 0.000000240. The van der Waals surface area contributed by atoms with Gasteiger partial charge in [0.2, 0.25) is 0 Å². The van der Waals surface area contributed by atoms with Crippen LogP contribution in [0.25, 0.3) is 0 Å². The summed E-state index contributed by atoms with van der Waals surface area (Å²) in [4.78, 5) is 28.6. The molecule has 282 valence electrons.